The first-order chi connectivity index (χ1) is 3.68. The predicted molar refractivity (Wildman–Crippen MR) is 21.1 cm³/mol. The van der Waals surface area contributed by atoms with E-state index in [4.69, 9.17) is 21.0 Å². The summed E-state index contributed by atoms with van der Waals surface area (Å²) in [5.41, 5.74) is 13.5. The van der Waals surface area contributed by atoms with E-state index >= 15 is 0 Å². The summed E-state index contributed by atoms with van der Waals surface area (Å²) in [6, 6.07) is 0. The number of carboxylic acid groups (broad SMARTS) is 1. The summed E-state index contributed by atoms with van der Waals surface area (Å²) in [7, 11) is 0. The second-order valence-corrected chi connectivity index (χ2v) is 0.595. The molecule has 5 nitrogen and oxygen atoms in total. The third-order valence-corrected chi connectivity index (χ3v) is 0.109. The Morgan fingerprint density at radius 1 is 1.33 bits per heavy atom. The second-order valence-electron chi connectivity index (χ2n) is 0.595. The van der Waals surface area contributed by atoms with Crippen LogP contribution in [0.4, 0.5) is 4.39 Å². The van der Waals surface area contributed by atoms with Crippen molar-refractivity contribution in [3.05, 3.63) is 16.0 Å². The zero-order chi connectivity index (χ0) is 6.99. The summed E-state index contributed by atoms with van der Waals surface area (Å²) in [5, 5.41) is 8.88. The average molecular weight is 207 g/mol. The summed E-state index contributed by atoms with van der Waals surface area (Å²) >= 11 is 0. The molecule has 0 fully saturated rings. The molecule has 0 spiro atoms. The van der Waals surface area contributed by atoms with Crippen molar-refractivity contribution in [2.24, 2.45) is 0 Å². The maximum atomic E-state index is 10.5. The summed E-state index contributed by atoms with van der Waals surface area (Å²) in [4.78, 5) is 10.4. The Hall–Kier alpha value is 1.64. The summed E-state index contributed by atoms with van der Waals surface area (Å²) in [6.45, 7) is -1.39. The van der Waals surface area contributed by atoms with Crippen molar-refractivity contribution >= 4 is 5.97 Å². The molecule has 0 radical (unpaired) electrons. The molecule has 0 N–H and O–H groups in total. The van der Waals surface area contributed by atoms with E-state index in [9.17, 15) is 4.39 Å². The summed E-state index contributed by atoms with van der Waals surface area (Å²) in [5.74, 6) is -1.66. The molecule has 10 heteroatoms. The molecule has 0 bridgehead atoms. The Morgan fingerprint density at radius 2 is 1.42 bits per heavy atom. The quantitative estimate of drug-likeness (QED) is 0.184. The van der Waals surface area contributed by atoms with Crippen molar-refractivity contribution in [1.82, 2.24) is 0 Å². The van der Waals surface area contributed by atoms with E-state index in [1.165, 1.54) is 4.91 Å². The Morgan fingerprint density at radius 3 is 1.42 bits per heavy atom. The number of carbonyl (C=O) groups excluding carboxylic acids is 1. The van der Waals surface area contributed by atoms with E-state index in [0.29, 0.717) is 0 Å². The molecule has 0 amide bonds. The van der Waals surface area contributed by atoms with Gasteiger partial charge in [-0.05, 0) is 0 Å². The van der Waals surface area contributed by atoms with Crippen molar-refractivity contribution in [1.29, 1.82) is 0 Å². The minimum Gasteiger partial charge on any atom is -1.00 e. The van der Waals surface area contributed by atoms with Crippen LogP contribution in [0.2, 0.25) is 0 Å². The normalized spacial score (nSPS) is 3.75. The van der Waals surface area contributed by atoms with Crippen molar-refractivity contribution in [3.63, 3.8) is 0 Å². The van der Waals surface area contributed by atoms with Gasteiger partial charge in [-0.15, -0.1) is 0 Å². The van der Waals surface area contributed by atoms with E-state index in [1.54, 1.807) is 0 Å². The first kappa shape index (κ1) is 37.3. The zero-order valence-corrected chi connectivity index (χ0v) is 13.1. The van der Waals surface area contributed by atoms with E-state index < -0.39 is 12.6 Å². The van der Waals surface area contributed by atoms with Crippen LogP contribution in [0.25, 0.3) is 16.0 Å². The monoisotopic (exact) mass is 207 g/mol. The minimum atomic E-state index is -1.66. The smallest absolute Gasteiger partial charge is 1.00 e. The van der Waals surface area contributed by atoms with Crippen molar-refractivity contribution in [2.45, 2.75) is 0 Å². The van der Waals surface area contributed by atoms with Gasteiger partial charge in [-0.3, -0.25) is 4.91 Å². The Bertz CT molecular complexity index is 110. The van der Waals surface area contributed by atoms with Crippen molar-refractivity contribution < 1.29 is 108 Å². The Labute approximate surface area is 134 Å². The van der Waals surface area contributed by atoms with Crippen LogP contribution in [0.3, 0.4) is 0 Å². The molecular weight excluding hydrogens is 205 g/mol. The molecule has 54 valence electrons. The molecule has 0 aromatic heterocycles. The molecule has 0 unspecified atom stereocenters. The topological polar surface area (TPSA) is 98.8 Å². The van der Waals surface area contributed by atoms with Crippen LogP contribution in [0.1, 0.15) is 0 Å². The molecule has 0 aromatic carbocycles. The molecule has 0 heterocycles. The van der Waals surface area contributed by atoms with Crippen LogP contribution < -0.4 is 98.5 Å². The maximum Gasteiger partial charge on any atom is 1.00 e. The van der Waals surface area contributed by atoms with E-state index in [-0.39, 0.29) is 93.4 Å². The van der Waals surface area contributed by atoms with Gasteiger partial charge in [0, 0.05) is 0 Å². The number of aliphatic carboxylic acids is 1. The first-order valence-corrected chi connectivity index (χ1v) is 1.43. The molecule has 0 saturated heterocycles. The number of carboxylic acids is 1. The molecule has 0 saturated carbocycles. The average Bonchev–Trinajstić information content (AvgIpc) is 1.69. The number of hydrogen-bond donors (Lipinski definition) is 0. The van der Waals surface area contributed by atoms with E-state index in [2.05, 4.69) is 0 Å². The number of halogens is 2. The fourth-order valence-electron chi connectivity index (χ4n) is 0. The van der Waals surface area contributed by atoms with Crippen LogP contribution in [0, 0.1) is 0 Å². The zero-order valence-electron chi connectivity index (χ0n) is 7.12. The molecule has 0 aliphatic heterocycles. The van der Waals surface area contributed by atoms with Gasteiger partial charge in [0.25, 0.3) is 0 Å². The van der Waals surface area contributed by atoms with Crippen LogP contribution in [0.5, 0.6) is 0 Å². The molecule has 0 aromatic rings. The SMILES string of the molecule is O=C([O-])CF.[F-].[N-]=[N+]=[N-].[Na+].[Na+].[Na+]. The molecule has 0 aliphatic rings. The third kappa shape index (κ3) is 99.5. The maximum absolute atomic E-state index is 10.5. The van der Waals surface area contributed by atoms with Crippen LogP contribution >= 0.6 is 0 Å². The molecule has 0 atom stereocenters. The van der Waals surface area contributed by atoms with Crippen LogP contribution in [-0.2, 0) is 4.79 Å². The fraction of sp³-hybridized carbons (Fsp3) is 0.500. The van der Waals surface area contributed by atoms with Gasteiger partial charge in [0.2, 0.25) is 0 Å². The number of rotatable bonds is 1. The van der Waals surface area contributed by atoms with Crippen molar-refractivity contribution in [2.75, 3.05) is 6.67 Å². The Balaban J connectivity index is -0.0000000119. The van der Waals surface area contributed by atoms with Gasteiger partial charge < -0.3 is 25.7 Å². The van der Waals surface area contributed by atoms with E-state index in [0.717, 1.165) is 0 Å². The first-order valence-electron chi connectivity index (χ1n) is 1.43. The number of alkyl halides is 1. The molecule has 0 rings (SSSR count). The largest absolute Gasteiger partial charge is 1.00 e. The summed E-state index contributed by atoms with van der Waals surface area (Å²) in [6.07, 6.45) is 0. The van der Waals surface area contributed by atoms with Gasteiger partial charge in [-0.1, -0.05) is 0 Å². The minimum absolute atomic E-state index is 0. The molecule has 0 aliphatic carbocycles. The second kappa shape index (κ2) is 38.8. The predicted octanol–water partition coefficient (Wildman–Crippen LogP) is -12.4. The van der Waals surface area contributed by atoms with Gasteiger partial charge in [0.05, 0.1) is 5.97 Å². The third-order valence-electron chi connectivity index (χ3n) is 0.109. The standard InChI is InChI=1S/C2H3FO2.FH.N3.3Na/c3-1-2(4)5;;1-3-2;;;/h1H2,(H,4,5);1H;;;;/q;;-1;3*+1/p-2. The Kier molecular flexibility index (Phi) is 121. The van der Waals surface area contributed by atoms with Gasteiger partial charge in [0.15, 0.2) is 0 Å². The van der Waals surface area contributed by atoms with Gasteiger partial charge >= 0.3 is 88.7 Å². The number of hydrogen-bond acceptors (Lipinski definition) is 2. The van der Waals surface area contributed by atoms with Crippen LogP contribution in [-0.4, -0.2) is 12.6 Å². The van der Waals surface area contributed by atoms with Gasteiger partial charge in [-0.2, -0.15) is 0 Å². The van der Waals surface area contributed by atoms with Crippen molar-refractivity contribution in [3.8, 4) is 0 Å². The summed E-state index contributed by atoms with van der Waals surface area (Å²) < 4.78 is 10.5. The van der Waals surface area contributed by atoms with Gasteiger partial charge in [-0.25, -0.2) is 4.39 Å². The molecular formula is C2H2F2N3Na3O2. The van der Waals surface area contributed by atoms with Gasteiger partial charge in [0.1, 0.15) is 6.67 Å². The molecule has 12 heavy (non-hydrogen) atoms. The number of nitrogens with zero attached hydrogens (tertiary/aromatic N) is 3. The van der Waals surface area contributed by atoms with E-state index in [1.807, 2.05) is 0 Å². The van der Waals surface area contributed by atoms with Crippen LogP contribution in [0.15, 0.2) is 0 Å². The fourth-order valence-corrected chi connectivity index (χ4v) is 0. The number of carbonyl (C=O) groups is 1.